The summed E-state index contributed by atoms with van der Waals surface area (Å²) >= 11 is 5.98. The number of rotatable bonds is 10. The molecule has 2 aromatic rings. The van der Waals surface area contributed by atoms with E-state index in [-0.39, 0.29) is 0 Å². The van der Waals surface area contributed by atoms with Crippen molar-refractivity contribution < 1.29 is 9.47 Å². The van der Waals surface area contributed by atoms with Crippen molar-refractivity contribution in [3.8, 4) is 23.0 Å². The number of pyridine rings is 2. The molecule has 0 amide bonds. The second kappa shape index (κ2) is 12.5. The summed E-state index contributed by atoms with van der Waals surface area (Å²) in [6, 6.07) is 7.33. The molecule has 30 heavy (non-hydrogen) atoms. The molecule has 0 bridgehead atoms. The molecule has 2 rings (SSSR count). The van der Waals surface area contributed by atoms with Crippen molar-refractivity contribution in [1.82, 2.24) is 9.97 Å². The van der Waals surface area contributed by atoms with E-state index < -0.39 is 0 Å². The van der Waals surface area contributed by atoms with Crippen LogP contribution in [0.5, 0.6) is 11.8 Å². The van der Waals surface area contributed by atoms with Gasteiger partial charge in [0.1, 0.15) is 13.2 Å². The van der Waals surface area contributed by atoms with E-state index in [1.165, 1.54) is 0 Å². The third kappa shape index (κ3) is 7.05. The molecular weight excluding hydrogens is 396 g/mol. The lowest BCUT2D eigenvalue weighted by Gasteiger charge is -2.13. The van der Waals surface area contributed by atoms with Crippen LogP contribution in [0.4, 0.5) is 0 Å². The molecule has 4 nitrogen and oxygen atoms in total. The molecule has 2 aromatic heterocycles. The first kappa shape index (κ1) is 23.2. The number of hydrogen-bond donors (Lipinski definition) is 0. The van der Waals surface area contributed by atoms with Gasteiger partial charge in [-0.2, -0.15) is 4.98 Å². The third-order valence-corrected chi connectivity index (χ3v) is 4.29. The average molecular weight is 423 g/mol. The topological polar surface area (TPSA) is 44.2 Å². The number of halogens is 1. The number of nitrogens with zero attached hydrogens (tertiary/aromatic N) is 2. The maximum Gasteiger partial charge on any atom is 0.226 e. The summed E-state index contributed by atoms with van der Waals surface area (Å²) < 4.78 is 11.9. The summed E-state index contributed by atoms with van der Waals surface area (Å²) in [6.45, 7) is 10.4. The van der Waals surface area contributed by atoms with Crippen LogP contribution in [0.25, 0.3) is 11.3 Å². The van der Waals surface area contributed by atoms with Gasteiger partial charge in [-0.3, -0.25) is 4.98 Å². The van der Waals surface area contributed by atoms with E-state index >= 15 is 0 Å². The molecule has 0 aliphatic carbocycles. The maximum atomic E-state index is 6.05. The van der Waals surface area contributed by atoms with Gasteiger partial charge in [0.15, 0.2) is 0 Å². The Kier molecular flexibility index (Phi) is 9.62. The molecule has 0 saturated heterocycles. The Morgan fingerprint density at radius 3 is 2.37 bits per heavy atom. The van der Waals surface area contributed by atoms with E-state index in [0.717, 1.165) is 22.4 Å². The zero-order valence-corrected chi connectivity index (χ0v) is 18.4. The van der Waals surface area contributed by atoms with Crippen LogP contribution in [-0.4, -0.2) is 23.2 Å². The quantitative estimate of drug-likeness (QED) is 0.396. The molecule has 0 unspecified atom stereocenters. The number of hydrogen-bond acceptors (Lipinski definition) is 4. The highest BCUT2D eigenvalue weighted by Gasteiger charge is 2.12. The molecule has 156 valence electrons. The lowest BCUT2D eigenvalue weighted by Crippen LogP contribution is -2.06. The van der Waals surface area contributed by atoms with E-state index in [0.29, 0.717) is 30.0 Å². The minimum atomic E-state index is 0.339. The molecule has 0 fully saturated rings. The first-order chi connectivity index (χ1) is 14.6. The third-order valence-electron chi connectivity index (χ3n) is 4.06. The van der Waals surface area contributed by atoms with Gasteiger partial charge >= 0.3 is 0 Å². The highest BCUT2D eigenvalue weighted by atomic mass is 35.5. The Morgan fingerprint density at radius 2 is 1.73 bits per heavy atom. The largest absolute Gasteiger partial charge is 0.473 e. The molecular formula is C25H27ClN2O2. The zero-order chi connectivity index (χ0) is 21.8. The minimum Gasteiger partial charge on any atom is -0.473 e. The van der Waals surface area contributed by atoms with Crippen LogP contribution >= 0.6 is 11.6 Å². The van der Waals surface area contributed by atoms with Crippen molar-refractivity contribution in [3.05, 3.63) is 95.7 Å². The van der Waals surface area contributed by atoms with Crippen molar-refractivity contribution in [2.75, 3.05) is 13.2 Å². The highest BCUT2D eigenvalue weighted by molar-refractivity contribution is 6.30. The second-order valence-corrected chi connectivity index (χ2v) is 6.72. The van der Waals surface area contributed by atoms with Gasteiger partial charge < -0.3 is 9.47 Å². The van der Waals surface area contributed by atoms with Crippen LogP contribution in [0.3, 0.4) is 0 Å². The normalized spacial score (nSPS) is 12.5. The van der Waals surface area contributed by atoms with Gasteiger partial charge in [0.25, 0.3) is 0 Å². The number of ether oxygens (including phenoxy) is 2. The summed E-state index contributed by atoms with van der Waals surface area (Å²) in [7, 11) is 0. The Labute approximate surface area is 183 Å². The van der Waals surface area contributed by atoms with Crippen molar-refractivity contribution in [2.24, 2.45) is 0 Å². The molecule has 0 aliphatic heterocycles. The van der Waals surface area contributed by atoms with Crippen LogP contribution in [0.2, 0.25) is 5.02 Å². The molecule has 0 spiro atoms. The van der Waals surface area contributed by atoms with Gasteiger partial charge in [0.05, 0.1) is 16.3 Å². The fraction of sp³-hybridized carbons (Fsp3) is 0.200. The summed E-state index contributed by atoms with van der Waals surface area (Å²) in [5.41, 5.74) is 3.52. The fourth-order valence-corrected chi connectivity index (χ4v) is 2.72. The summed E-state index contributed by atoms with van der Waals surface area (Å²) in [6.07, 6.45) is 15.1. The van der Waals surface area contributed by atoms with Crippen molar-refractivity contribution in [2.45, 2.75) is 20.8 Å². The van der Waals surface area contributed by atoms with Gasteiger partial charge in [0, 0.05) is 12.3 Å². The molecule has 2 heterocycles. The molecule has 5 heteroatoms. The second-order valence-electron chi connectivity index (χ2n) is 6.28. The molecule has 0 atom stereocenters. The van der Waals surface area contributed by atoms with Gasteiger partial charge in [-0.25, -0.2) is 0 Å². The SMILES string of the molecule is C=C/C=C(\C=C/C)COc1nc(OCC(/C=C\C)=C/C)ccc1-c1ccc(Cl)cn1. The molecule has 0 radical (unpaired) electrons. The van der Waals surface area contributed by atoms with Gasteiger partial charge in [-0.1, -0.05) is 60.7 Å². The van der Waals surface area contributed by atoms with Crippen LogP contribution in [0, 0.1) is 0 Å². The maximum absolute atomic E-state index is 6.05. The number of allylic oxidation sites excluding steroid dienone is 5. The van der Waals surface area contributed by atoms with Crippen LogP contribution in [0.15, 0.2) is 90.7 Å². The van der Waals surface area contributed by atoms with Crippen LogP contribution in [-0.2, 0) is 0 Å². The zero-order valence-electron chi connectivity index (χ0n) is 17.6. The monoisotopic (exact) mass is 422 g/mol. The van der Waals surface area contributed by atoms with E-state index in [4.69, 9.17) is 21.1 Å². The summed E-state index contributed by atoms with van der Waals surface area (Å²) in [4.78, 5) is 8.98. The Balaban J connectivity index is 2.33. The lowest BCUT2D eigenvalue weighted by atomic mass is 10.2. The molecule has 0 aliphatic rings. The van der Waals surface area contributed by atoms with Crippen LogP contribution in [0.1, 0.15) is 20.8 Å². The van der Waals surface area contributed by atoms with Crippen molar-refractivity contribution in [3.63, 3.8) is 0 Å². The molecule has 0 aromatic carbocycles. The Morgan fingerprint density at radius 1 is 1.00 bits per heavy atom. The van der Waals surface area contributed by atoms with Gasteiger partial charge in [-0.05, 0) is 50.1 Å². The standard InChI is InChI=1S/C25H27ClN2O2/c1-5-9-19(8-4)17-29-24-15-13-22(23-14-12-21(26)16-27-23)25(28-24)30-18-20(10-6-2)11-7-3/h5-16H,2,17-18H2,1,3-4H3/b9-5-,11-7-,19-8+,20-10+. The summed E-state index contributed by atoms with van der Waals surface area (Å²) in [5, 5.41) is 0.571. The first-order valence-electron chi connectivity index (χ1n) is 9.72. The summed E-state index contributed by atoms with van der Waals surface area (Å²) in [5.74, 6) is 0.918. The predicted molar refractivity (Wildman–Crippen MR) is 125 cm³/mol. The van der Waals surface area contributed by atoms with Crippen LogP contribution < -0.4 is 9.47 Å². The fourth-order valence-electron chi connectivity index (χ4n) is 2.61. The smallest absolute Gasteiger partial charge is 0.226 e. The predicted octanol–water partition coefficient (Wildman–Crippen LogP) is 6.77. The molecule has 0 N–H and O–H groups in total. The van der Waals surface area contributed by atoms with Crippen molar-refractivity contribution >= 4 is 11.6 Å². The van der Waals surface area contributed by atoms with E-state index in [1.807, 2.05) is 75.4 Å². The highest BCUT2D eigenvalue weighted by Crippen LogP contribution is 2.30. The lowest BCUT2D eigenvalue weighted by molar-refractivity contribution is 0.313. The minimum absolute atomic E-state index is 0.339. The first-order valence-corrected chi connectivity index (χ1v) is 10.1. The Bertz CT molecular complexity index is 958. The molecule has 0 saturated carbocycles. The van der Waals surface area contributed by atoms with E-state index in [9.17, 15) is 0 Å². The van der Waals surface area contributed by atoms with Gasteiger partial charge in [-0.15, -0.1) is 0 Å². The van der Waals surface area contributed by atoms with E-state index in [1.54, 1.807) is 18.3 Å². The number of aromatic nitrogens is 2. The van der Waals surface area contributed by atoms with E-state index in [2.05, 4.69) is 16.5 Å². The average Bonchev–Trinajstić information content (AvgIpc) is 2.76. The van der Waals surface area contributed by atoms with Gasteiger partial charge in [0.2, 0.25) is 11.8 Å². The van der Waals surface area contributed by atoms with Crippen molar-refractivity contribution in [1.29, 1.82) is 0 Å². The Hall–Kier alpha value is -3.11.